The van der Waals surface area contributed by atoms with Crippen LogP contribution >= 0.6 is 12.2 Å². The Morgan fingerprint density at radius 2 is 1.83 bits per heavy atom. The van der Waals surface area contributed by atoms with Gasteiger partial charge in [0.1, 0.15) is 12.4 Å². The van der Waals surface area contributed by atoms with Crippen LogP contribution in [0.5, 0.6) is 5.75 Å². The van der Waals surface area contributed by atoms with Gasteiger partial charge in [-0.1, -0.05) is 49.4 Å². The minimum absolute atomic E-state index is 0.0958. The number of nitrogens with one attached hydrogen (secondary N) is 1. The lowest BCUT2D eigenvalue weighted by molar-refractivity contribution is 0.287. The Morgan fingerprint density at radius 3 is 2.50 bits per heavy atom. The van der Waals surface area contributed by atoms with Gasteiger partial charge in [0.05, 0.1) is 6.04 Å². The summed E-state index contributed by atoms with van der Waals surface area (Å²) in [4.78, 5) is 0. The molecule has 1 heterocycles. The van der Waals surface area contributed by atoms with Crippen molar-refractivity contribution < 1.29 is 4.74 Å². The number of benzene rings is 2. The van der Waals surface area contributed by atoms with E-state index in [-0.39, 0.29) is 6.04 Å². The lowest BCUT2D eigenvalue weighted by Crippen LogP contribution is -2.13. The first-order valence-electron chi connectivity index (χ1n) is 8.11. The van der Waals surface area contributed by atoms with E-state index in [2.05, 4.69) is 48.3 Å². The van der Waals surface area contributed by atoms with Crippen LogP contribution in [0.2, 0.25) is 0 Å². The van der Waals surface area contributed by atoms with E-state index in [1.54, 1.807) is 0 Å². The van der Waals surface area contributed by atoms with E-state index in [0.717, 1.165) is 18.0 Å². The molecule has 0 fully saturated rings. The van der Waals surface area contributed by atoms with E-state index in [9.17, 15) is 0 Å². The molecule has 1 aromatic heterocycles. The van der Waals surface area contributed by atoms with Crippen LogP contribution in [0, 0.1) is 4.77 Å². The smallest absolute Gasteiger partial charge is 0.195 e. The zero-order valence-electron chi connectivity index (χ0n) is 13.9. The molecule has 1 N–H and O–H groups in total. The van der Waals surface area contributed by atoms with Crippen molar-refractivity contribution in [3.8, 4) is 5.75 Å². The van der Waals surface area contributed by atoms with Crippen molar-refractivity contribution in [2.75, 3.05) is 0 Å². The summed E-state index contributed by atoms with van der Waals surface area (Å²) in [5, 5.41) is 7.21. The van der Waals surface area contributed by atoms with E-state index >= 15 is 0 Å². The maximum atomic E-state index is 5.88. The summed E-state index contributed by atoms with van der Waals surface area (Å²) in [6.45, 7) is 4.62. The summed E-state index contributed by atoms with van der Waals surface area (Å²) in [6.07, 6.45) is 1.02. The van der Waals surface area contributed by atoms with Crippen molar-refractivity contribution >= 4 is 12.2 Å². The van der Waals surface area contributed by atoms with Gasteiger partial charge in [0.2, 0.25) is 0 Å². The van der Waals surface area contributed by atoms with Gasteiger partial charge in [0, 0.05) is 0 Å². The molecule has 3 aromatic rings. The number of hydrogen-bond donors (Lipinski definition) is 1. The Balaban J connectivity index is 1.78. The zero-order valence-corrected chi connectivity index (χ0v) is 14.7. The van der Waals surface area contributed by atoms with Crippen LogP contribution in [0.1, 0.15) is 36.8 Å². The predicted molar refractivity (Wildman–Crippen MR) is 97.8 cm³/mol. The molecular formula is C19H21N3OS. The normalized spacial score (nSPS) is 12.1. The molecule has 1 atom stereocenters. The molecule has 124 valence electrons. The number of aryl methyl sites for hydroxylation is 1. The molecule has 0 aliphatic carbocycles. The summed E-state index contributed by atoms with van der Waals surface area (Å²) >= 11 is 5.40. The van der Waals surface area contributed by atoms with Gasteiger partial charge in [-0.3, -0.25) is 9.67 Å². The fourth-order valence-electron chi connectivity index (χ4n) is 2.69. The Labute approximate surface area is 147 Å². The highest BCUT2D eigenvalue weighted by atomic mass is 32.1. The Hall–Kier alpha value is -2.40. The largest absolute Gasteiger partial charge is 0.486 e. The van der Waals surface area contributed by atoms with Crippen LogP contribution in [-0.2, 0) is 13.0 Å². The number of hydrogen-bond acceptors (Lipinski definition) is 3. The Morgan fingerprint density at radius 1 is 1.12 bits per heavy atom. The topological polar surface area (TPSA) is 42.8 Å². The third kappa shape index (κ3) is 3.57. The van der Waals surface area contributed by atoms with Gasteiger partial charge in [-0.15, -0.1) is 0 Å². The van der Waals surface area contributed by atoms with Crippen molar-refractivity contribution in [2.24, 2.45) is 0 Å². The molecule has 0 saturated carbocycles. The molecule has 0 aliphatic rings. The zero-order chi connectivity index (χ0) is 16.9. The van der Waals surface area contributed by atoms with Gasteiger partial charge in [-0.25, -0.2) is 0 Å². The van der Waals surface area contributed by atoms with Crippen molar-refractivity contribution in [2.45, 2.75) is 32.9 Å². The third-order valence-corrected chi connectivity index (χ3v) is 4.43. The van der Waals surface area contributed by atoms with Gasteiger partial charge in [0.15, 0.2) is 10.6 Å². The summed E-state index contributed by atoms with van der Waals surface area (Å²) in [6, 6.07) is 18.5. The molecule has 24 heavy (non-hydrogen) atoms. The Bertz CT molecular complexity index is 837. The molecule has 1 unspecified atom stereocenters. The standard InChI is InChI=1S/C19H21N3OS/c1-3-15-9-11-17(12-10-15)23-13-18-20-21-19(24)22(18)14(2)16-7-5-4-6-8-16/h4-12,14H,3,13H2,1-2H3,(H,21,24). The molecule has 0 saturated heterocycles. The van der Waals surface area contributed by atoms with Crippen molar-refractivity contribution in [3.63, 3.8) is 0 Å². The van der Waals surface area contributed by atoms with Crippen LogP contribution in [0.3, 0.4) is 0 Å². The number of aromatic nitrogens is 3. The van der Waals surface area contributed by atoms with Crippen LogP contribution in [0.4, 0.5) is 0 Å². The van der Waals surface area contributed by atoms with Crippen LogP contribution < -0.4 is 4.74 Å². The summed E-state index contributed by atoms with van der Waals surface area (Å²) < 4.78 is 8.49. The fraction of sp³-hybridized carbons (Fsp3) is 0.263. The SMILES string of the molecule is CCc1ccc(OCc2n[nH]c(=S)n2C(C)c2ccccc2)cc1. The van der Waals surface area contributed by atoms with E-state index in [1.165, 1.54) is 11.1 Å². The van der Waals surface area contributed by atoms with Gasteiger partial charge >= 0.3 is 0 Å². The molecule has 5 heteroatoms. The van der Waals surface area contributed by atoms with Crippen LogP contribution in [0.15, 0.2) is 54.6 Å². The fourth-order valence-corrected chi connectivity index (χ4v) is 3.00. The monoisotopic (exact) mass is 339 g/mol. The van der Waals surface area contributed by atoms with E-state index in [0.29, 0.717) is 11.4 Å². The van der Waals surface area contributed by atoms with Gasteiger partial charge in [0.25, 0.3) is 0 Å². The van der Waals surface area contributed by atoms with E-state index in [1.807, 2.05) is 34.9 Å². The highest BCUT2D eigenvalue weighted by molar-refractivity contribution is 7.71. The Kier molecular flexibility index (Phi) is 5.11. The quantitative estimate of drug-likeness (QED) is 0.662. The minimum Gasteiger partial charge on any atom is -0.486 e. The van der Waals surface area contributed by atoms with Gasteiger partial charge in [-0.2, -0.15) is 5.10 Å². The van der Waals surface area contributed by atoms with Gasteiger partial charge in [-0.05, 0) is 48.8 Å². The molecule has 0 amide bonds. The highest BCUT2D eigenvalue weighted by Crippen LogP contribution is 2.20. The second kappa shape index (κ2) is 7.45. The first-order chi connectivity index (χ1) is 11.7. The number of rotatable bonds is 6. The second-order valence-electron chi connectivity index (χ2n) is 5.69. The van der Waals surface area contributed by atoms with E-state index < -0.39 is 0 Å². The molecule has 2 aromatic carbocycles. The highest BCUT2D eigenvalue weighted by Gasteiger charge is 2.15. The molecule has 0 spiro atoms. The lowest BCUT2D eigenvalue weighted by Gasteiger charge is -2.16. The van der Waals surface area contributed by atoms with Crippen molar-refractivity contribution in [1.82, 2.24) is 14.8 Å². The number of aromatic amines is 1. The first-order valence-corrected chi connectivity index (χ1v) is 8.52. The number of H-pyrrole nitrogens is 1. The van der Waals surface area contributed by atoms with Crippen LogP contribution in [-0.4, -0.2) is 14.8 Å². The average molecular weight is 339 g/mol. The van der Waals surface area contributed by atoms with E-state index in [4.69, 9.17) is 17.0 Å². The third-order valence-electron chi connectivity index (χ3n) is 4.15. The van der Waals surface area contributed by atoms with Gasteiger partial charge < -0.3 is 4.74 Å². The maximum Gasteiger partial charge on any atom is 0.195 e. The summed E-state index contributed by atoms with van der Waals surface area (Å²) in [7, 11) is 0. The minimum atomic E-state index is 0.0958. The summed E-state index contributed by atoms with van der Waals surface area (Å²) in [5.74, 6) is 1.62. The molecule has 4 nitrogen and oxygen atoms in total. The molecule has 0 aliphatic heterocycles. The lowest BCUT2D eigenvalue weighted by atomic mass is 10.1. The maximum absolute atomic E-state index is 5.88. The molecule has 0 bridgehead atoms. The molecule has 3 rings (SSSR count). The number of ether oxygens (including phenoxy) is 1. The first kappa shape index (κ1) is 16.5. The molecule has 0 radical (unpaired) electrons. The predicted octanol–water partition coefficient (Wildman–Crippen LogP) is 4.69. The summed E-state index contributed by atoms with van der Waals surface area (Å²) in [5.41, 5.74) is 2.48. The molecular weight excluding hydrogens is 318 g/mol. The second-order valence-corrected chi connectivity index (χ2v) is 6.07. The average Bonchev–Trinajstić information content (AvgIpc) is 3.01. The number of nitrogens with zero attached hydrogens (tertiary/aromatic N) is 2. The van der Waals surface area contributed by atoms with Crippen molar-refractivity contribution in [1.29, 1.82) is 0 Å². The van der Waals surface area contributed by atoms with Crippen LogP contribution in [0.25, 0.3) is 0 Å². The van der Waals surface area contributed by atoms with Crippen molar-refractivity contribution in [3.05, 3.63) is 76.3 Å².